The molecule has 8 heteroatoms. The molecule has 1 aliphatic carbocycles. The summed E-state index contributed by atoms with van der Waals surface area (Å²) in [4.78, 5) is 38.8. The van der Waals surface area contributed by atoms with E-state index in [-0.39, 0.29) is 6.54 Å². The molecule has 0 radical (unpaired) electrons. The molecule has 0 aliphatic heterocycles. The third-order valence-electron chi connectivity index (χ3n) is 5.23. The highest BCUT2D eigenvalue weighted by molar-refractivity contribution is 5.98. The number of amides is 1. The Bertz CT molecular complexity index is 1090. The van der Waals surface area contributed by atoms with E-state index in [1.54, 1.807) is 6.33 Å². The minimum atomic E-state index is -1.26. The molecule has 0 bridgehead atoms. The number of nitrogens with one attached hydrogen (secondary N) is 1. The highest BCUT2D eigenvalue weighted by Gasteiger charge is 2.63. The summed E-state index contributed by atoms with van der Waals surface area (Å²) in [6, 6.07) is 15.5. The van der Waals surface area contributed by atoms with E-state index in [0.29, 0.717) is 6.54 Å². The van der Waals surface area contributed by atoms with E-state index < -0.39 is 35.6 Å². The number of carbonyl (C=O) groups excluding carboxylic acids is 1. The van der Waals surface area contributed by atoms with Gasteiger partial charge < -0.3 is 20.1 Å². The van der Waals surface area contributed by atoms with Gasteiger partial charge in [-0.25, -0.2) is 4.98 Å². The monoisotopic (exact) mass is 393 g/mol. The second-order valence-electron chi connectivity index (χ2n) is 7.15. The van der Waals surface area contributed by atoms with Gasteiger partial charge in [0.25, 0.3) is 0 Å². The first-order chi connectivity index (χ1) is 14.0. The van der Waals surface area contributed by atoms with Gasteiger partial charge >= 0.3 is 11.9 Å². The zero-order valence-corrected chi connectivity index (χ0v) is 15.4. The van der Waals surface area contributed by atoms with Crippen LogP contribution in [0.25, 0.3) is 11.0 Å². The summed E-state index contributed by atoms with van der Waals surface area (Å²) in [5.74, 6) is -6.40. The number of aromatic nitrogens is 2. The van der Waals surface area contributed by atoms with Crippen molar-refractivity contribution in [2.45, 2.75) is 13.1 Å². The molecule has 2 atom stereocenters. The first-order valence-electron chi connectivity index (χ1n) is 9.16. The van der Waals surface area contributed by atoms with Gasteiger partial charge in [0.2, 0.25) is 5.91 Å². The molecular weight excluding hydrogens is 374 g/mol. The van der Waals surface area contributed by atoms with Crippen LogP contribution >= 0.6 is 0 Å². The summed E-state index contributed by atoms with van der Waals surface area (Å²) in [5, 5.41) is 20.8. The third-order valence-corrected chi connectivity index (χ3v) is 5.23. The number of para-hydroxylation sites is 2. The SMILES string of the molecule is O=C(O)C1C(C(=O)O)C1C(=O)NCc1cccc(Cn2cnc3ccccc32)c1. The van der Waals surface area contributed by atoms with Crippen molar-refractivity contribution in [3.05, 3.63) is 66.0 Å². The average molecular weight is 393 g/mol. The third kappa shape index (κ3) is 3.69. The smallest absolute Gasteiger partial charge is 0.308 e. The van der Waals surface area contributed by atoms with Gasteiger partial charge in [0.05, 0.1) is 35.1 Å². The maximum absolute atomic E-state index is 12.2. The highest BCUT2D eigenvalue weighted by Crippen LogP contribution is 2.46. The molecule has 1 saturated carbocycles. The van der Waals surface area contributed by atoms with Gasteiger partial charge in [-0.3, -0.25) is 14.4 Å². The lowest BCUT2D eigenvalue weighted by atomic mass is 10.1. The number of aliphatic carboxylic acids is 2. The van der Waals surface area contributed by atoms with Gasteiger partial charge in [0.1, 0.15) is 0 Å². The van der Waals surface area contributed by atoms with Gasteiger partial charge in [-0.1, -0.05) is 36.4 Å². The number of carbonyl (C=O) groups is 3. The molecule has 0 spiro atoms. The summed E-state index contributed by atoms with van der Waals surface area (Å²) in [6.45, 7) is 0.819. The second kappa shape index (κ2) is 7.38. The van der Waals surface area contributed by atoms with Crippen molar-refractivity contribution in [2.75, 3.05) is 0 Å². The first-order valence-corrected chi connectivity index (χ1v) is 9.16. The lowest BCUT2D eigenvalue weighted by molar-refractivity contribution is -0.144. The minimum Gasteiger partial charge on any atom is -0.481 e. The largest absolute Gasteiger partial charge is 0.481 e. The molecule has 4 rings (SSSR count). The number of fused-ring (bicyclic) bond motifs is 1. The van der Waals surface area contributed by atoms with Crippen LogP contribution < -0.4 is 5.32 Å². The van der Waals surface area contributed by atoms with Crippen LogP contribution in [0.15, 0.2) is 54.9 Å². The quantitative estimate of drug-likeness (QED) is 0.562. The van der Waals surface area contributed by atoms with Crippen LogP contribution in [-0.2, 0) is 27.5 Å². The van der Waals surface area contributed by atoms with Crippen molar-refractivity contribution in [2.24, 2.45) is 17.8 Å². The number of nitrogens with zero attached hydrogens (tertiary/aromatic N) is 2. The molecule has 1 fully saturated rings. The summed E-state index contributed by atoms with van der Waals surface area (Å²) in [7, 11) is 0. The Morgan fingerprint density at radius 1 is 0.931 bits per heavy atom. The zero-order chi connectivity index (χ0) is 20.5. The van der Waals surface area contributed by atoms with Gasteiger partial charge in [0, 0.05) is 13.1 Å². The van der Waals surface area contributed by atoms with E-state index in [1.165, 1.54) is 0 Å². The molecule has 3 N–H and O–H groups in total. The van der Waals surface area contributed by atoms with E-state index >= 15 is 0 Å². The molecule has 8 nitrogen and oxygen atoms in total. The minimum absolute atomic E-state index is 0.201. The summed E-state index contributed by atoms with van der Waals surface area (Å²) in [5.41, 5.74) is 3.82. The van der Waals surface area contributed by atoms with Crippen molar-refractivity contribution in [1.82, 2.24) is 14.9 Å². The first kappa shape index (κ1) is 18.7. The number of hydrogen-bond acceptors (Lipinski definition) is 4. The Balaban J connectivity index is 1.41. The molecule has 3 aromatic rings. The predicted molar refractivity (Wildman–Crippen MR) is 103 cm³/mol. The summed E-state index contributed by atoms with van der Waals surface area (Å²) >= 11 is 0. The average Bonchev–Trinajstić information content (AvgIpc) is 3.36. The molecule has 1 amide bonds. The molecule has 1 heterocycles. The fraction of sp³-hybridized carbons (Fsp3) is 0.238. The molecule has 0 saturated heterocycles. The van der Waals surface area contributed by atoms with Crippen LogP contribution in [0.1, 0.15) is 11.1 Å². The molecular formula is C21H19N3O5. The molecule has 1 aliphatic rings. The van der Waals surface area contributed by atoms with Crippen molar-refractivity contribution in [1.29, 1.82) is 0 Å². The van der Waals surface area contributed by atoms with Crippen LogP contribution in [-0.4, -0.2) is 37.6 Å². The normalized spacial score (nSPS) is 20.3. The Labute approximate surface area is 165 Å². The van der Waals surface area contributed by atoms with Crippen molar-refractivity contribution in [3.8, 4) is 0 Å². The maximum atomic E-state index is 12.2. The van der Waals surface area contributed by atoms with Crippen LogP contribution in [0.2, 0.25) is 0 Å². The van der Waals surface area contributed by atoms with E-state index in [2.05, 4.69) is 10.3 Å². The lowest BCUT2D eigenvalue weighted by Crippen LogP contribution is -2.26. The number of benzene rings is 2. The van der Waals surface area contributed by atoms with Crippen LogP contribution in [0.3, 0.4) is 0 Å². The van der Waals surface area contributed by atoms with Crippen LogP contribution in [0, 0.1) is 17.8 Å². The highest BCUT2D eigenvalue weighted by atomic mass is 16.4. The summed E-state index contributed by atoms with van der Waals surface area (Å²) in [6.07, 6.45) is 1.78. The second-order valence-corrected chi connectivity index (χ2v) is 7.15. The Morgan fingerprint density at radius 3 is 2.34 bits per heavy atom. The van der Waals surface area contributed by atoms with Gasteiger partial charge in [-0.2, -0.15) is 0 Å². The summed E-state index contributed by atoms with van der Waals surface area (Å²) < 4.78 is 2.03. The maximum Gasteiger partial charge on any atom is 0.308 e. The van der Waals surface area contributed by atoms with Crippen molar-refractivity contribution in [3.63, 3.8) is 0 Å². The predicted octanol–water partition coefficient (Wildman–Crippen LogP) is 1.73. The van der Waals surface area contributed by atoms with Crippen molar-refractivity contribution < 1.29 is 24.6 Å². The zero-order valence-electron chi connectivity index (χ0n) is 15.4. The molecule has 1 aromatic heterocycles. The van der Waals surface area contributed by atoms with E-state index in [4.69, 9.17) is 10.2 Å². The Hall–Kier alpha value is -3.68. The standard InChI is InChI=1S/C21H19N3O5/c25-19(16-17(20(26)27)18(16)21(28)29)22-9-12-4-3-5-13(8-12)10-24-11-23-14-6-1-2-7-15(14)24/h1-8,11,16-18H,9-10H2,(H,22,25)(H,26,27)(H,28,29). The van der Waals surface area contributed by atoms with Gasteiger partial charge in [-0.05, 0) is 23.3 Å². The fourth-order valence-corrected chi connectivity index (χ4v) is 3.73. The molecule has 148 valence electrons. The van der Waals surface area contributed by atoms with E-state index in [0.717, 1.165) is 22.2 Å². The number of rotatable bonds is 7. The number of imidazole rings is 1. The number of carboxylic acid groups (broad SMARTS) is 2. The van der Waals surface area contributed by atoms with E-state index in [1.807, 2.05) is 53.1 Å². The number of hydrogen-bond donors (Lipinski definition) is 3. The molecule has 2 aromatic carbocycles. The van der Waals surface area contributed by atoms with Crippen LogP contribution in [0.5, 0.6) is 0 Å². The fourth-order valence-electron chi connectivity index (χ4n) is 3.73. The van der Waals surface area contributed by atoms with Gasteiger partial charge in [0.15, 0.2) is 0 Å². The lowest BCUT2D eigenvalue weighted by Gasteiger charge is -2.09. The molecule has 2 unspecified atom stereocenters. The van der Waals surface area contributed by atoms with Crippen LogP contribution in [0.4, 0.5) is 0 Å². The van der Waals surface area contributed by atoms with Crippen molar-refractivity contribution >= 4 is 28.9 Å². The van der Waals surface area contributed by atoms with E-state index in [9.17, 15) is 14.4 Å². The van der Waals surface area contributed by atoms with Gasteiger partial charge in [-0.15, -0.1) is 0 Å². The topological polar surface area (TPSA) is 122 Å². The molecule has 29 heavy (non-hydrogen) atoms. The Kier molecular flexibility index (Phi) is 4.75. The Morgan fingerprint density at radius 2 is 1.62 bits per heavy atom. The number of carboxylic acids is 2.